The Hall–Kier alpha value is -2.16. The number of carbonyl (C=O) groups is 1. The van der Waals surface area contributed by atoms with Gasteiger partial charge in [-0.3, -0.25) is 4.79 Å². The van der Waals surface area contributed by atoms with Gasteiger partial charge in [-0.2, -0.15) is 0 Å². The zero-order valence-electron chi connectivity index (χ0n) is 11.3. The van der Waals surface area contributed by atoms with Gasteiger partial charge in [-0.05, 0) is 37.1 Å². The normalized spacial score (nSPS) is 10.2. The first-order valence-electron chi connectivity index (χ1n) is 6.58. The molecule has 1 aromatic carbocycles. The molecule has 2 aromatic rings. The summed E-state index contributed by atoms with van der Waals surface area (Å²) in [5, 5.41) is 3.12. The number of pyridine rings is 1. The van der Waals surface area contributed by atoms with E-state index in [9.17, 15) is 4.79 Å². The summed E-state index contributed by atoms with van der Waals surface area (Å²) in [4.78, 5) is 16.8. The molecule has 1 N–H and O–H groups in total. The number of aryl methyl sites for hydroxylation is 1. The van der Waals surface area contributed by atoms with Gasteiger partial charge in [-0.15, -0.1) is 0 Å². The number of nitrogens with zero attached hydrogens (tertiary/aromatic N) is 1. The Morgan fingerprint density at radius 2 is 2.05 bits per heavy atom. The van der Waals surface area contributed by atoms with Crippen LogP contribution in [0.3, 0.4) is 0 Å². The van der Waals surface area contributed by atoms with E-state index in [1.165, 1.54) is 5.56 Å². The summed E-state index contributed by atoms with van der Waals surface area (Å²) in [6.45, 7) is 4.81. The molecule has 0 fully saturated rings. The van der Waals surface area contributed by atoms with Gasteiger partial charge in [-0.25, -0.2) is 4.98 Å². The van der Waals surface area contributed by atoms with Gasteiger partial charge in [0.15, 0.2) is 5.78 Å². The predicted molar refractivity (Wildman–Crippen MR) is 77.7 cm³/mol. The standard InChI is InChI=1S/C16H18N2O/c1-3-12-7-5-8-13(11-12)15(19)14-9-6-10-18-16(14)17-4-2/h5-11H,3-4H2,1-2H3,(H,17,18). The third kappa shape index (κ3) is 2.99. The van der Waals surface area contributed by atoms with Crippen molar-refractivity contribution in [2.24, 2.45) is 0 Å². The largest absolute Gasteiger partial charge is 0.370 e. The molecular weight excluding hydrogens is 236 g/mol. The van der Waals surface area contributed by atoms with Crippen molar-refractivity contribution in [2.45, 2.75) is 20.3 Å². The Labute approximate surface area is 113 Å². The fourth-order valence-electron chi connectivity index (χ4n) is 1.98. The third-order valence-electron chi connectivity index (χ3n) is 2.99. The Balaban J connectivity index is 2.38. The minimum absolute atomic E-state index is 0.0133. The summed E-state index contributed by atoms with van der Waals surface area (Å²) in [7, 11) is 0. The second-order valence-corrected chi connectivity index (χ2v) is 4.31. The first-order chi connectivity index (χ1) is 9.26. The van der Waals surface area contributed by atoms with Crippen LogP contribution in [0.1, 0.15) is 35.3 Å². The van der Waals surface area contributed by atoms with Crippen molar-refractivity contribution in [2.75, 3.05) is 11.9 Å². The van der Waals surface area contributed by atoms with Crippen molar-refractivity contribution in [3.05, 3.63) is 59.3 Å². The minimum atomic E-state index is 0.0133. The number of rotatable bonds is 5. The molecule has 0 saturated heterocycles. The van der Waals surface area contributed by atoms with Crippen LogP contribution in [0.25, 0.3) is 0 Å². The van der Waals surface area contributed by atoms with Gasteiger partial charge in [0.25, 0.3) is 0 Å². The lowest BCUT2D eigenvalue weighted by Crippen LogP contribution is -2.09. The SMILES string of the molecule is CCNc1ncccc1C(=O)c1cccc(CC)c1. The van der Waals surface area contributed by atoms with Crippen LogP contribution >= 0.6 is 0 Å². The van der Waals surface area contributed by atoms with Gasteiger partial charge in [0.1, 0.15) is 5.82 Å². The molecule has 0 aliphatic heterocycles. The van der Waals surface area contributed by atoms with E-state index in [-0.39, 0.29) is 5.78 Å². The van der Waals surface area contributed by atoms with Gasteiger partial charge in [-0.1, -0.05) is 25.1 Å². The summed E-state index contributed by atoms with van der Waals surface area (Å²) in [5.74, 6) is 0.663. The fraction of sp³-hybridized carbons (Fsp3) is 0.250. The average Bonchev–Trinajstić information content (AvgIpc) is 2.47. The highest BCUT2D eigenvalue weighted by Gasteiger charge is 2.14. The quantitative estimate of drug-likeness (QED) is 0.832. The lowest BCUT2D eigenvalue weighted by atomic mass is 10.0. The molecule has 0 spiro atoms. The van der Waals surface area contributed by atoms with Crippen LogP contribution in [-0.4, -0.2) is 17.3 Å². The topological polar surface area (TPSA) is 42.0 Å². The second kappa shape index (κ2) is 6.14. The summed E-state index contributed by atoms with van der Waals surface area (Å²) in [6, 6.07) is 11.4. The zero-order valence-corrected chi connectivity index (χ0v) is 11.3. The van der Waals surface area contributed by atoms with Crippen LogP contribution in [0.5, 0.6) is 0 Å². The van der Waals surface area contributed by atoms with Crippen LogP contribution in [0.15, 0.2) is 42.6 Å². The maximum atomic E-state index is 12.5. The fourth-order valence-corrected chi connectivity index (χ4v) is 1.98. The summed E-state index contributed by atoms with van der Waals surface area (Å²) >= 11 is 0. The smallest absolute Gasteiger partial charge is 0.196 e. The molecule has 3 nitrogen and oxygen atoms in total. The molecule has 98 valence electrons. The molecule has 0 bridgehead atoms. The number of anilines is 1. The van der Waals surface area contributed by atoms with Crippen LogP contribution in [0.2, 0.25) is 0 Å². The number of hydrogen-bond acceptors (Lipinski definition) is 3. The van der Waals surface area contributed by atoms with E-state index in [4.69, 9.17) is 0 Å². The molecule has 0 saturated carbocycles. The average molecular weight is 254 g/mol. The molecule has 3 heteroatoms. The summed E-state index contributed by atoms with van der Waals surface area (Å²) in [6.07, 6.45) is 2.62. The van der Waals surface area contributed by atoms with Crippen molar-refractivity contribution < 1.29 is 4.79 Å². The van der Waals surface area contributed by atoms with Crippen molar-refractivity contribution in [3.8, 4) is 0 Å². The van der Waals surface area contributed by atoms with E-state index in [1.54, 1.807) is 12.3 Å². The highest BCUT2D eigenvalue weighted by Crippen LogP contribution is 2.17. The van der Waals surface area contributed by atoms with Gasteiger partial charge in [0.2, 0.25) is 0 Å². The molecule has 1 heterocycles. The molecule has 1 aromatic heterocycles. The molecule has 2 rings (SSSR count). The Bertz CT molecular complexity index is 578. The Morgan fingerprint density at radius 1 is 1.21 bits per heavy atom. The van der Waals surface area contributed by atoms with Crippen LogP contribution in [0, 0.1) is 0 Å². The maximum absolute atomic E-state index is 12.5. The van der Waals surface area contributed by atoms with Gasteiger partial charge < -0.3 is 5.32 Å². The van der Waals surface area contributed by atoms with Crippen LogP contribution < -0.4 is 5.32 Å². The van der Waals surface area contributed by atoms with Crippen molar-refractivity contribution in [1.82, 2.24) is 4.98 Å². The minimum Gasteiger partial charge on any atom is -0.370 e. The maximum Gasteiger partial charge on any atom is 0.196 e. The molecule has 0 amide bonds. The monoisotopic (exact) mass is 254 g/mol. The zero-order chi connectivity index (χ0) is 13.7. The number of ketones is 1. The lowest BCUT2D eigenvalue weighted by Gasteiger charge is -2.09. The first kappa shape index (κ1) is 13.3. The molecule has 0 aliphatic carbocycles. The molecule has 0 aliphatic rings. The highest BCUT2D eigenvalue weighted by molar-refractivity contribution is 6.11. The first-order valence-corrected chi connectivity index (χ1v) is 6.58. The molecule has 0 atom stereocenters. The van der Waals surface area contributed by atoms with Gasteiger partial charge >= 0.3 is 0 Å². The predicted octanol–water partition coefficient (Wildman–Crippen LogP) is 3.31. The third-order valence-corrected chi connectivity index (χ3v) is 2.99. The van der Waals surface area contributed by atoms with Crippen molar-refractivity contribution in [3.63, 3.8) is 0 Å². The lowest BCUT2D eigenvalue weighted by molar-refractivity contribution is 0.103. The van der Waals surface area contributed by atoms with Crippen LogP contribution in [-0.2, 0) is 6.42 Å². The van der Waals surface area contributed by atoms with E-state index in [2.05, 4.69) is 17.2 Å². The number of nitrogens with one attached hydrogen (secondary N) is 1. The van der Waals surface area contributed by atoms with Crippen LogP contribution in [0.4, 0.5) is 5.82 Å². The summed E-state index contributed by atoms with van der Waals surface area (Å²) < 4.78 is 0. The van der Waals surface area contributed by atoms with E-state index >= 15 is 0 Å². The van der Waals surface area contributed by atoms with E-state index in [0.29, 0.717) is 16.9 Å². The van der Waals surface area contributed by atoms with E-state index < -0.39 is 0 Å². The Morgan fingerprint density at radius 3 is 2.79 bits per heavy atom. The van der Waals surface area contributed by atoms with E-state index in [1.807, 2.05) is 37.3 Å². The molecule has 19 heavy (non-hydrogen) atoms. The number of hydrogen-bond donors (Lipinski definition) is 1. The van der Waals surface area contributed by atoms with Gasteiger partial charge in [0, 0.05) is 18.3 Å². The molecular formula is C16H18N2O. The van der Waals surface area contributed by atoms with Gasteiger partial charge in [0.05, 0.1) is 5.56 Å². The Kier molecular flexibility index (Phi) is 4.29. The van der Waals surface area contributed by atoms with Crippen molar-refractivity contribution in [1.29, 1.82) is 0 Å². The molecule has 0 radical (unpaired) electrons. The highest BCUT2D eigenvalue weighted by atomic mass is 16.1. The molecule has 0 unspecified atom stereocenters. The van der Waals surface area contributed by atoms with E-state index in [0.717, 1.165) is 13.0 Å². The number of carbonyl (C=O) groups excluding carboxylic acids is 1. The number of benzene rings is 1. The second-order valence-electron chi connectivity index (χ2n) is 4.31. The number of aromatic nitrogens is 1. The van der Waals surface area contributed by atoms with Crippen molar-refractivity contribution >= 4 is 11.6 Å². The summed E-state index contributed by atoms with van der Waals surface area (Å²) in [5.41, 5.74) is 2.50.